The summed E-state index contributed by atoms with van der Waals surface area (Å²) in [6.07, 6.45) is 0. The van der Waals surface area contributed by atoms with Gasteiger partial charge in [0.1, 0.15) is 17.6 Å². The van der Waals surface area contributed by atoms with Gasteiger partial charge in [-0.05, 0) is 32.0 Å². The zero-order valence-corrected chi connectivity index (χ0v) is 19.5. The van der Waals surface area contributed by atoms with E-state index in [2.05, 4.69) is 15.6 Å². The number of rotatable bonds is 5. The van der Waals surface area contributed by atoms with E-state index < -0.39 is 17.8 Å². The van der Waals surface area contributed by atoms with Crippen LogP contribution in [0.3, 0.4) is 0 Å². The van der Waals surface area contributed by atoms with E-state index in [1.807, 2.05) is 37.3 Å². The lowest BCUT2D eigenvalue weighted by Gasteiger charge is -2.29. The molecule has 2 N–H and O–H groups in total. The van der Waals surface area contributed by atoms with Gasteiger partial charge in [0.2, 0.25) is 5.95 Å². The fourth-order valence-corrected chi connectivity index (χ4v) is 4.19. The number of hydrogen-bond acceptors (Lipinski definition) is 5. The molecule has 5 rings (SSSR count). The molecule has 0 aliphatic carbocycles. The molecule has 7 nitrogen and oxygen atoms in total. The Labute approximate surface area is 202 Å². The van der Waals surface area contributed by atoms with Gasteiger partial charge in [-0.1, -0.05) is 60.2 Å². The molecule has 0 saturated heterocycles. The maximum Gasteiger partial charge on any atom is 0.255 e. The third kappa shape index (κ3) is 4.14. The molecule has 0 saturated carbocycles. The number of halogens is 1. The Kier molecular flexibility index (Phi) is 5.78. The van der Waals surface area contributed by atoms with Crippen molar-refractivity contribution >= 4 is 17.5 Å². The van der Waals surface area contributed by atoms with Crippen LogP contribution >= 0.6 is 0 Å². The largest absolute Gasteiger partial charge is 0.495 e. The van der Waals surface area contributed by atoms with E-state index in [9.17, 15) is 4.79 Å². The molecule has 0 spiro atoms. The molecule has 0 bridgehead atoms. The van der Waals surface area contributed by atoms with Gasteiger partial charge < -0.3 is 15.4 Å². The zero-order chi connectivity index (χ0) is 24.5. The molecule has 1 atom stereocenters. The zero-order valence-electron chi connectivity index (χ0n) is 19.5. The molecule has 1 aliphatic rings. The van der Waals surface area contributed by atoms with Crippen LogP contribution in [0.25, 0.3) is 11.4 Å². The van der Waals surface area contributed by atoms with Crippen LogP contribution in [0.15, 0.2) is 84.1 Å². The molecule has 1 unspecified atom stereocenters. The molecule has 3 aromatic carbocycles. The summed E-state index contributed by atoms with van der Waals surface area (Å²) in [7, 11) is 1.54. The Balaban J connectivity index is 1.61. The monoisotopic (exact) mass is 469 g/mol. The highest BCUT2D eigenvalue weighted by molar-refractivity contribution is 6.06. The van der Waals surface area contributed by atoms with Crippen molar-refractivity contribution in [3.05, 3.63) is 101 Å². The van der Waals surface area contributed by atoms with Crippen molar-refractivity contribution in [1.29, 1.82) is 0 Å². The smallest absolute Gasteiger partial charge is 0.255 e. The highest BCUT2D eigenvalue weighted by Gasteiger charge is 2.36. The number of methoxy groups -OCH3 is 1. The SMILES string of the molecule is COc1ccccc1NC(=O)C1=C(C)Nc2nc(-c3ccc(C)cc3)nn2C1c1ccccc1F. The number of fused-ring (bicyclic) bond motifs is 1. The normalized spacial score (nSPS) is 14.8. The van der Waals surface area contributed by atoms with Crippen molar-refractivity contribution in [2.45, 2.75) is 19.9 Å². The van der Waals surface area contributed by atoms with E-state index in [1.165, 1.54) is 13.2 Å². The summed E-state index contributed by atoms with van der Waals surface area (Å²) in [5, 5.41) is 10.8. The van der Waals surface area contributed by atoms with Crippen LogP contribution in [0.4, 0.5) is 16.0 Å². The van der Waals surface area contributed by atoms with Gasteiger partial charge in [0, 0.05) is 16.8 Å². The molecule has 2 heterocycles. The van der Waals surface area contributed by atoms with Crippen LogP contribution < -0.4 is 15.4 Å². The average Bonchev–Trinajstić information content (AvgIpc) is 3.28. The second-order valence-corrected chi connectivity index (χ2v) is 8.31. The Morgan fingerprint density at radius 2 is 1.74 bits per heavy atom. The topological polar surface area (TPSA) is 81.1 Å². The lowest BCUT2D eigenvalue weighted by Crippen LogP contribution is -2.32. The van der Waals surface area contributed by atoms with E-state index in [-0.39, 0.29) is 0 Å². The van der Waals surface area contributed by atoms with Crippen LogP contribution in [0.1, 0.15) is 24.1 Å². The molecule has 1 aliphatic heterocycles. The first-order valence-corrected chi connectivity index (χ1v) is 11.2. The number of amides is 1. The second kappa shape index (κ2) is 9.06. The Hall–Kier alpha value is -4.46. The first-order valence-electron chi connectivity index (χ1n) is 11.2. The highest BCUT2D eigenvalue weighted by atomic mass is 19.1. The number of nitrogens with one attached hydrogen (secondary N) is 2. The van der Waals surface area contributed by atoms with E-state index in [0.29, 0.717) is 40.0 Å². The van der Waals surface area contributed by atoms with Gasteiger partial charge in [-0.3, -0.25) is 4.79 Å². The van der Waals surface area contributed by atoms with Crippen molar-refractivity contribution in [3.63, 3.8) is 0 Å². The predicted molar refractivity (Wildman–Crippen MR) is 133 cm³/mol. The van der Waals surface area contributed by atoms with Crippen LogP contribution in [-0.4, -0.2) is 27.8 Å². The lowest BCUT2D eigenvalue weighted by molar-refractivity contribution is -0.113. The quantitative estimate of drug-likeness (QED) is 0.413. The second-order valence-electron chi connectivity index (χ2n) is 8.31. The first-order chi connectivity index (χ1) is 17.0. The number of anilines is 2. The number of carbonyl (C=O) groups is 1. The molecule has 8 heteroatoms. The van der Waals surface area contributed by atoms with Crippen molar-refractivity contribution in [2.75, 3.05) is 17.7 Å². The molecule has 4 aromatic rings. The maximum atomic E-state index is 15.1. The summed E-state index contributed by atoms with van der Waals surface area (Å²) >= 11 is 0. The van der Waals surface area contributed by atoms with E-state index in [1.54, 1.807) is 48.0 Å². The summed E-state index contributed by atoms with van der Waals surface area (Å²) in [4.78, 5) is 18.3. The van der Waals surface area contributed by atoms with Gasteiger partial charge in [-0.15, -0.1) is 5.10 Å². The van der Waals surface area contributed by atoms with Crippen molar-refractivity contribution < 1.29 is 13.9 Å². The number of benzene rings is 3. The summed E-state index contributed by atoms with van der Waals surface area (Å²) in [5.74, 6) is 0.598. The number of nitrogens with zero attached hydrogens (tertiary/aromatic N) is 3. The third-order valence-corrected chi connectivity index (χ3v) is 5.96. The number of aryl methyl sites for hydroxylation is 1. The molecule has 0 radical (unpaired) electrons. The van der Waals surface area contributed by atoms with E-state index in [0.717, 1.165) is 11.1 Å². The molecule has 1 amide bonds. The Morgan fingerprint density at radius 1 is 1.03 bits per heavy atom. The van der Waals surface area contributed by atoms with E-state index in [4.69, 9.17) is 9.84 Å². The molecular formula is C27H24FN5O2. The third-order valence-electron chi connectivity index (χ3n) is 5.96. The first kappa shape index (κ1) is 22.3. The maximum absolute atomic E-state index is 15.1. The van der Waals surface area contributed by atoms with E-state index >= 15 is 4.39 Å². The van der Waals surface area contributed by atoms with Crippen LogP contribution in [0.2, 0.25) is 0 Å². The van der Waals surface area contributed by atoms with Crippen LogP contribution in [0.5, 0.6) is 5.75 Å². The fourth-order valence-electron chi connectivity index (χ4n) is 4.19. The lowest BCUT2D eigenvalue weighted by atomic mass is 9.94. The number of ether oxygens (including phenoxy) is 1. The minimum absolute atomic E-state index is 0.320. The summed E-state index contributed by atoms with van der Waals surface area (Å²) in [6.45, 7) is 3.78. The number of para-hydroxylation sites is 2. The predicted octanol–water partition coefficient (Wildman–Crippen LogP) is 5.33. The number of carbonyl (C=O) groups excluding carboxylic acids is 1. The number of allylic oxidation sites excluding steroid dienone is 1. The standard InChI is InChI=1S/C27H24FN5O2/c1-16-12-14-18(15-13-16)25-31-27-29-17(2)23(26(34)30-21-10-6-7-11-22(21)35-3)24(33(27)32-25)19-8-4-5-9-20(19)28/h4-15,24H,1-3H3,(H,30,34)(H,29,31,32). The molecule has 0 fully saturated rings. The minimum Gasteiger partial charge on any atom is -0.495 e. The summed E-state index contributed by atoms with van der Waals surface area (Å²) < 4.78 is 22.0. The highest BCUT2D eigenvalue weighted by Crippen LogP contribution is 2.38. The molecule has 35 heavy (non-hydrogen) atoms. The van der Waals surface area contributed by atoms with Gasteiger partial charge in [0.05, 0.1) is 18.4 Å². The fraction of sp³-hybridized carbons (Fsp3) is 0.148. The van der Waals surface area contributed by atoms with Crippen molar-refractivity contribution in [3.8, 4) is 17.1 Å². The molecule has 1 aromatic heterocycles. The number of aromatic nitrogens is 3. The summed E-state index contributed by atoms with van der Waals surface area (Å²) in [5.41, 5.74) is 3.66. The van der Waals surface area contributed by atoms with Gasteiger partial charge in [-0.2, -0.15) is 4.98 Å². The Morgan fingerprint density at radius 3 is 2.49 bits per heavy atom. The van der Waals surface area contributed by atoms with Gasteiger partial charge in [0.15, 0.2) is 5.82 Å². The van der Waals surface area contributed by atoms with Gasteiger partial charge in [-0.25, -0.2) is 9.07 Å². The summed E-state index contributed by atoms with van der Waals surface area (Å²) in [6, 6.07) is 20.5. The van der Waals surface area contributed by atoms with Crippen LogP contribution in [-0.2, 0) is 4.79 Å². The molecule has 176 valence electrons. The average molecular weight is 470 g/mol. The van der Waals surface area contributed by atoms with Crippen molar-refractivity contribution in [1.82, 2.24) is 14.8 Å². The van der Waals surface area contributed by atoms with Gasteiger partial charge in [0.25, 0.3) is 5.91 Å². The minimum atomic E-state index is -0.825. The molecular weight excluding hydrogens is 445 g/mol. The van der Waals surface area contributed by atoms with Crippen molar-refractivity contribution in [2.24, 2.45) is 0 Å². The van der Waals surface area contributed by atoms with Crippen LogP contribution in [0, 0.1) is 12.7 Å². The number of hydrogen-bond donors (Lipinski definition) is 2. The Bertz CT molecular complexity index is 1440. The van der Waals surface area contributed by atoms with Gasteiger partial charge >= 0.3 is 0 Å².